The maximum Gasteiger partial charge on any atom is 0.264 e. The van der Waals surface area contributed by atoms with Crippen molar-refractivity contribution in [3.63, 3.8) is 0 Å². The number of aliphatic hydroxyl groups is 1. The minimum atomic E-state index is -1.19. The van der Waals surface area contributed by atoms with Crippen molar-refractivity contribution in [1.29, 1.82) is 0 Å². The van der Waals surface area contributed by atoms with E-state index in [0.29, 0.717) is 28.6 Å². The number of rotatable bonds is 4. The molecular weight excluding hydrogens is 386 g/mol. The number of pyridine rings is 1. The molecule has 0 aromatic carbocycles. The van der Waals surface area contributed by atoms with E-state index in [0.717, 1.165) is 30.4 Å². The van der Waals surface area contributed by atoms with Gasteiger partial charge in [-0.15, -0.1) is 0 Å². The average molecular weight is 414 g/mol. The SMILES string of the molecule is COC1CCC(N2C(=O)CNc3ncc(-c4ccc(C(C)(C)O)[n+](O)c4)nc32)CC1. The van der Waals surface area contributed by atoms with Gasteiger partial charge in [-0.05, 0) is 45.6 Å². The standard InChI is InChI=1S/C21H28N5O4/c1-21(2,28)17-9-4-13(12-25(17)29)16-10-22-19-20(24-16)26(18(27)11-23-19)14-5-7-15(30-3)8-6-14/h4,9-10,12,14-15,28-29H,5-8,11H2,1-3H3,(H,22,23)/q+1. The molecule has 0 atom stereocenters. The van der Waals surface area contributed by atoms with Crippen molar-refractivity contribution < 1.29 is 24.6 Å². The largest absolute Gasteiger partial charge is 0.381 e. The van der Waals surface area contributed by atoms with Gasteiger partial charge in [0.2, 0.25) is 12.1 Å². The van der Waals surface area contributed by atoms with Gasteiger partial charge < -0.3 is 15.2 Å². The summed E-state index contributed by atoms with van der Waals surface area (Å²) in [7, 11) is 1.73. The molecule has 0 unspecified atom stereocenters. The predicted molar refractivity (Wildman–Crippen MR) is 109 cm³/mol. The molecule has 2 aliphatic rings. The van der Waals surface area contributed by atoms with Crippen LogP contribution in [0.25, 0.3) is 11.3 Å². The summed E-state index contributed by atoms with van der Waals surface area (Å²) in [6, 6.07) is 3.47. The molecule has 1 aliphatic carbocycles. The first kappa shape index (κ1) is 20.5. The van der Waals surface area contributed by atoms with E-state index >= 15 is 0 Å². The lowest BCUT2D eigenvalue weighted by atomic mass is 9.91. The van der Waals surface area contributed by atoms with E-state index in [-0.39, 0.29) is 24.6 Å². The third-order valence-corrected chi connectivity index (χ3v) is 5.85. The summed E-state index contributed by atoms with van der Waals surface area (Å²) in [5, 5.41) is 23.5. The van der Waals surface area contributed by atoms with Gasteiger partial charge in [0.1, 0.15) is 5.60 Å². The van der Waals surface area contributed by atoms with Crippen LogP contribution in [-0.2, 0) is 15.1 Å². The Morgan fingerprint density at radius 2 is 2.00 bits per heavy atom. The molecule has 9 heteroatoms. The van der Waals surface area contributed by atoms with Gasteiger partial charge in [0.05, 0.1) is 30.1 Å². The van der Waals surface area contributed by atoms with Crippen LogP contribution in [-0.4, -0.2) is 52.0 Å². The first-order chi connectivity index (χ1) is 14.3. The molecule has 3 N–H and O–H groups in total. The van der Waals surface area contributed by atoms with E-state index in [9.17, 15) is 15.1 Å². The van der Waals surface area contributed by atoms with E-state index in [1.807, 2.05) is 0 Å². The second-order valence-corrected chi connectivity index (χ2v) is 8.42. The number of methoxy groups -OCH3 is 1. The van der Waals surface area contributed by atoms with Crippen LogP contribution in [0, 0.1) is 0 Å². The summed E-state index contributed by atoms with van der Waals surface area (Å²) in [6.07, 6.45) is 6.86. The Bertz CT molecular complexity index is 951. The molecule has 0 spiro atoms. The lowest BCUT2D eigenvalue weighted by Gasteiger charge is -2.38. The maximum atomic E-state index is 12.8. The number of carbonyl (C=O) groups is 1. The highest BCUT2D eigenvalue weighted by Gasteiger charge is 2.35. The number of hydrogen-bond acceptors (Lipinski definition) is 7. The second-order valence-electron chi connectivity index (χ2n) is 8.42. The number of hydrogen-bond donors (Lipinski definition) is 3. The van der Waals surface area contributed by atoms with Gasteiger partial charge in [0.15, 0.2) is 11.6 Å². The van der Waals surface area contributed by atoms with Crippen molar-refractivity contribution in [2.75, 3.05) is 23.9 Å². The molecular formula is C21H28N5O4+. The van der Waals surface area contributed by atoms with Crippen molar-refractivity contribution in [2.45, 2.75) is 57.3 Å². The maximum absolute atomic E-state index is 12.8. The van der Waals surface area contributed by atoms with Gasteiger partial charge in [0, 0.05) is 23.9 Å². The fourth-order valence-electron chi connectivity index (χ4n) is 4.21. The number of amides is 1. The summed E-state index contributed by atoms with van der Waals surface area (Å²) < 4.78 is 6.35. The van der Waals surface area contributed by atoms with Gasteiger partial charge in [-0.1, -0.05) is 0 Å². The van der Waals surface area contributed by atoms with Gasteiger partial charge in [-0.2, -0.15) is 0 Å². The van der Waals surface area contributed by atoms with E-state index < -0.39 is 5.60 Å². The monoisotopic (exact) mass is 414 g/mol. The van der Waals surface area contributed by atoms with Crippen molar-refractivity contribution >= 4 is 17.5 Å². The Balaban J connectivity index is 1.67. The zero-order valence-corrected chi connectivity index (χ0v) is 17.5. The van der Waals surface area contributed by atoms with Gasteiger partial charge in [-0.25, -0.2) is 9.97 Å². The number of carbonyl (C=O) groups excluding carboxylic acids is 1. The van der Waals surface area contributed by atoms with Gasteiger partial charge in [-0.3, -0.25) is 14.9 Å². The Hall–Kier alpha value is -2.78. The minimum Gasteiger partial charge on any atom is -0.381 e. The highest BCUT2D eigenvalue weighted by molar-refractivity contribution is 6.01. The zero-order chi connectivity index (χ0) is 21.5. The van der Waals surface area contributed by atoms with Crippen molar-refractivity contribution in [3.8, 4) is 11.3 Å². The smallest absolute Gasteiger partial charge is 0.264 e. The van der Waals surface area contributed by atoms with Crippen LogP contribution in [0.2, 0.25) is 0 Å². The summed E-state index contributed by atoms with van der Waals surface area (Å²) >= 11 is 0. The molecule has 9 nitrogen and oxygen atoms in total. The van der Waals surface area contributed by atoms with Crippen molar-refractivity contribution in [3.05, 3.63) is 30.2 Å². The van der Waals surface area contributed by atoms with E-state index in [1.165, 1.54) is 6.20 Å². The van der Waals surface area contributed by atoms with Gasteiger partial charge in [0.25, 0.3) is 5.69 Å². The minimum absolute atomic E-state index is 0.0237. The Kier molecular flexibility index (Phi) is 5.33. The summed E-state index contributed by atoms with van der Waals surface area (Å²) in [5.74, 6) is 1.07. The molecule has 0 bridgehead atoms. The van der Waals surface area contributed by atoms with E-state index in [1.54, 1.807) is 44.2 Å². The quantitative estimate of drug-likeness (QED) is 0.515. The third-order valence-electron chi connectivity index (χ3n) is 5.85. The highest BCUT2D eigenvalue weighted by Crippen LogP contribution is 2.34. The molecule has 160 valence electrons. The summed E-state index contributed by atoms with van der Waals surface area (Å²) in [6.45, 7) is 3.39. The van der Waals surface area contributed by atoms with Gasteiger partial charge >= 0.3 is 0 Å². The van der Waals surface area contributed by atoms with Crippen LogP contribution >= 0.6 is 0 Å². The van der Waals surface area contributed by atoms with Crippen LogP contribution in [0.3, 0.4) is 0 Å². The average Bonchev–Trinajstić information content (AvgIpc) is 2.72. The topological polar surface area (TPSA) is 112 Å². The molecule has 0 saturated heterocycles. The van der Waals surface area contributed by atoms with Crippen molar-refractivity contribution in [2.24, 2.45) is 0 Å². The number of aromatic nitrogens is 3. The number of fused-ring (bicyclic) bond motifs is 1. The molecule has 2 aromatic heterocycles. The normalized spacial score (nSPS) is 21.9. The fraction of sp³-hybridized carbons (Fsp3) is 0.524. The predicted octanol–water partition coefficient (Wildman–Crippen LogP) is 1.61. The van der Waals surface area contributed by atoms with Crippen LogP contribution in [0.4, 0.5) is 11.6 Å². The number of ether oxygens (including phenoxy) is 1. The molecule has 4 rings (SSSR count). The van der Waals surface area contributed by atoms with E-state index in [4.69, 9.17) is 9.72 Å². The van der Waals surface area contributed by atoms with Crippen LogP contribution < -0.4 is 14.9 Å². The van der Waals surface area contributed by atoms with Crippen LogP contribution in [0.15, 0.2) is 24.5 Å². The van der Waals surface area contributed by atoms with Crippen LogP contribution in [0.1, 0.15) is 45.2 Å². The van der Waals surface area contributed by atoms with Crippen LogP contribution in [0.5, 0.6) is 0 Å². The lowest BCUT2D eigenvalue weighted by Crippen LogP contribution is -2.49. The Morgan fingerprint density at radius 3 is 2.63 bits per heavy atom. The number of nitrogens with one attached hydrogen (secondary N) is 1. The molecule has 1 amide bonds. The summed E-state index contributed by atoms with van der Waals surface area (Å²) in [5.41, 5.74) is 0.321. The molecule has 0 radical (unpaired) electrons. The second kappa shape index (κ2) is 7.81. The zero-order valence-electron chi connectivity index (χ0n) is 17.5. The van der Waals surface area contributed by atoms with Crippen molar-refractivity contribution in [1.82, 2.24) is 9.97 Å². The fourth-order valence-corrected chi connectivity index (χ4v) is 4.21. The molecule has 1 saturated carbocycles. The molecule has 3 heterocycles. The first-order valence-corrected chi connectivity index (χ1v) is 10.2. The number of anilines is 2. The molecule has 30 heavy (non-hydrogen) atoms. The Morgan fingerprint density at radius 1 is 1.27 bits per heavy atom. The summed E-state index contributed by atoms with van der Waals surface area (Å²) in [4.78, 5) is 23.7. The third kappa shape index (κ3) is 3.82. The molecule has 1 fully saturated rings. The highest BCUT2D eigenvalue weighted by atomic mass is 16.5. The molecule has 2 aromatic rings. The number of nitrogens with zero attached hydrogens (tertiary/aromatic N) is 4. The first-order valence-electron chi connectivity index (χ1n) is 10.2. The van der Waals surface area contributed by atoms with E-state index in [2.05, 4.69) is 10.3 Å². The lowest BCUT2D eigenvalue weighted by molar-refractivity contribution is -0.912. The molecule has 1 aliphatic heterocycles. The Labute approximate surface area is 175 Å².